The third kappa shape index (κ3) is 18.6. The average molecular weight is 279 g/mol. The van der Waals surface area contributed by atoms with Crippen molar-refractivity contribution in [1.82, 2.24) is 5.32 Å². The number of nitrogens with two attached hydrogens (primary N) is 1. The molecule has 0 atom stereocenters. The van der Waals surface area contributed by atoms with E-state index in [1.165, 1.54) is 70.8 Å². The molecule has 0 amide bonds. The van der Waals surface area contributed by atoms with Gasteiger partial charge in [0.05, 0.1) is 0 Å². The molecule has 0 radical (unpaired) electrons. The van der Waals surface area contributed by atoms with Crippen LogP contribution in [0.25, 0.3) is 0 Å². The molecule has 0 aliphatic carbocycles. The number of hydrogen-bond acceptors (Lipinski definition) is 2. The van der Waals surface area contributed by atoms with Crippen molar-refractivity contribution >= 4 is 12.4 Å². The fourth-order valence-corrected chi connectivity index (χ4v) is 2.09. The fourth-order valence-electron chi connectivity index (χ4n) is 2.09. The summed E-state index contributed by atoms with van der Waals surface area (Å²) >= 11 is 0. The van der Waals surface area contributed by atoms with Crippen molar-refractivity contribution in [2.75, 3.05) is 19.6 Å². The lowest BCUT2D eigenvalue weighted by Crippen LogP contribution is -2.19. The van der Waals surface area contributed by atoms with Gasteiger partial charge >= 0.3 is 0 Å². The molecule has 0 rings (SSSR count). The fraction of sp³-hybridized carbons (Fsp3) is 1.00. The van der Waals surface area contributed by atoms with Crippen LogP contribution < -0.4 is 11.1 Å². The van der Waals surface area contributed by atoms with Gasteiger partial charge in [0.1, 0.15) is 0 Å². The minimum absolute atomic E-state index is 0. The van der Waals surface area contributed by atoms with E-state index in [0.717, 1.165) is 19.5 Å². The topological polar surface area (TPSA) is 38.0 Å². The van der Waals surface area contributed by atoms with E-state index in [-0.39, 0.29) is 12.4 Å². The molecule has 0 aliphatic rings. The molecule has 0 spiro atoms. The zero-order valence-corrected chi connectivity index (χ0v) is 13.2. The highest BCUT2D eigenvalue weighted by molar-refractivity contribution is 5.85. The highest BCUT2D eigenvalue weighted by Crippen LogP contribution is 2.10. The number of hydrogen-bond donors (Lipinski definition) is 2. The monoisotopic (exact) mass is 278 g/mol. The molecular formula is C15H35ClN2. The van der Waals surface area contributed by atoms with Crippen molar-refractivity contribution in [3.63, 3.8) is 0 Å². The SMILES string of the molecule is CCCCCCCCCCCCNCCCN.Cl. The Morgan fingerprint density at radius 1 is 0.667 bits per heavy atom. The Balaban J connectivity index is 0. The third-order valence-corrected chi connectivity index (χ3v) is 3.26. The molecule has 2 nitrogen and oxygen atoms in total. The highest BCUT2D eigenvalue weighted by atomic mass is 35.5. The molecule has 3 N–H and O–H groups in total. The summed E-state index contributed by atoms with van der Waals surface area (Å²) in [6, 6.07) is 0. The van der Waals surface area contributed by atoms with Gasteiger partial charge in [-0.05, 0) is 32.5 Å². The van der Waals surface area contributed by atoms with Crippen molar-refractivity contribution < 1.29 is 0 Å². The highest BCUT2D eigenvalue weighted by Gasteiger charge is 1.92. The van der Waals surface area contributed by atoms with Crippen LogP contribution in [-0.4, -0.2) is 19.6 Å². The summed E-state index contributed by atoms with van der Waals surface area (Å²) in [4.78, 5) is 0. The first kappa shape index (κ1) is 20.5. The van der Waals surface area contributed by atoms with E-state index in [2.05, 4.69) is 12.2 Å². The molecule has 112 valence electrons. The number of rotatable bonds is 14. The van der Waals surface area contributed by atoms with E-state index in [0.29, 0.717) is 0 Å². The Morgan fingerprint density at radius 3 is 1.61 bits per heavy atom. The molecule has 0 aromatic carbocycles. The van der Waals surface area contributed by atoms with Gasteiger partial charge in [0.2, 0.25) is 0 Å². The van der Waals surface area contributed by atoms with Gasteiger partial charge in [0, 0.05) is 0 Å². The van der Waals surface area contributed by atoms with Crippen molar-refractivity contribution in [2.45, 2.75) is 77.6 Å². The van der Waals surface area contributed by atoms with Gasteiger partial charge < -0.3 is 11.1 Å². The lowest BCUT2D eigenvalue weighted by molar-refractivity contribution is 0.541. The summed E-state index contributed by atoms with van der Waals surface area (Å²) in [7, 11) is 0. The largest absolute Gasteiger partial charge is 0.330 e. The van der Waals surface area contributed by atoms with Gasteiger partial charge in [-0.25, -0.2) is 0 Å². The summed E-state index contributed by atoms with van der Waals surface area (Å²) in [5.41, 5.74) is 5.43. The molecule has 18 heavy (non-hydrogen) atoms. The molecule has 3 heteroatoms. The molecule has 0 bridgehead atoms. The second kappa shape index (κ2) is 19.5. The minimum atomic E-state index is 0. The normalized spacial score (nSPS) is 10.3. The molecule has 0 heterocycles. The van der Waals surface area contributed by atoms with E-state index in [1.54, 1.807) is 0 Å². The molecule has 0 aromatic heterocycles. The van der Waals surface area contributed by atoms with Crippen molar-refractivity contribution in [3.05, 3.63) is 0 Å². The Labute approximate surface area is 121 Å². The van der Waals surface area contributed by atoms with E-state index < -0.39 is 0 Å². The maximum atomic E-state index is 5.43. The summed E-state index contributed by atoms with van der Waals surface area (Å²) in [6.45, 7) is 5.36. The summed E-state index contributed by atoms with van der Waals surface area (Å²) in [6.07, 6.45) is 15.3. The summed E-state index contributed by atoms with van der Waals surface area (Å²) in [5.74, 6) is 0. The zero-order chi connectivity index (χ0) is 12.6. The van der Waals surface area contributed by atoms with Crippen LogP contribution in [0.2, 0.25) is 0 Å². The number of unbranched alkanes of at least 4 members (excludes halogenated alkanes) is 9. The first-order valence-electron chi connectivity index (χ1n) is 7.82. The van der Waals surface area contributed by atoms with Crippen LogP contribution >= 0.6 is 12.4 Å². The maximum Gasteiger partial charge on any atom is -0.00369 e. The molecule has 0 aromatic rings. The number of nitrogens with one attached hydrogen (secondary N) is 1. The summed E-state index contributed by atoms with van der Waals surface area (Å²) < 4.78 is 0. The maximum absolute atomic E-state index is 5.43. The average Bonchev–Trinajstić information content (AvgIpc) is 2.35. The van der Waals surface area contributed by atoms with E-state index in [1.807, 2.05) is 0 Å². The lowest BCUT2D eigenvalue weighted by atomic mass is 10.1. The molecular weight excluding hydrogens is 244 g/mol. The van der Waals surface area contributed by atoms with Gasteiger partial charge in [-0.2, -0.15) is 0 Å². The minimum Gasteiger partial charge on any atom is -0.330 e. The third-order valence-electron chi connectivity index (χ3n) is 3.26. The molecule has 0 unspecified atom stereocenters. The lowest BCUT2D eigenvalue weighted by Gasteiger charge is -2.04. The van der Waals surface area contributed by atoms with E-state index in [9.17, 15) is 0 Å². The van der Waals surface area contributed by atoms with Crippen LogP contribution in [0.5, 0.6) is 0 Å². The van der Waals surface area contributed by atoms with Crippen LogP contribution in [0.4, 0.5) is 0 Å². The van der Waals surface area contributed by atoms with Crippen LogP contribution in [0.15, 0.2) is 0 Å². The standard InChI is InChI=1S/C15H34N2.ClH/c1-2-3-4-5-6-7-8-9-10-11-14-17-15-12-13-16;/h17H,2-16H2,1H3;1H. The molecule has 0 aliphatic heterocycles. The van der Waals surface area contributed by atoms with Crippen LogP contribution in [0.3, 0.4) is 0 Å². The van der Waals surface area contributed by atoms with Crippen LogP contribution in [0.1, 0.15) is 77.6 Å². The smallest absolute Gasteiger partial charge is 0.00369 e. The van der Waals surface area contributed by atoms with Crippen molar-refractivity contribution in [2.24, 2.45) is 5.73 Å². The van der Waals surface area contributed by atoms with Gasteiger partial charge in [-0.15, -0.1) is 12.4 Å². The Bertz CT molecular complexity index is 118. The first-order valence-corrected chi connectivity index (χ1v) is 7.82. The quantitative estimate of drug-likeness (QED) is 0.466. The van der Waals surface area contributed by atoms with Crippen molar-refractivity contribution in [1.29, 1.82) is 0 Å². The second-order valence-corrected chi connectivity index (χ2v) is 5.07. The van der Waals surface area contributed by atoms with Crippen molar-refractivity contribution in [3.8, 4) is 0 Å². The molecule has 0 saturated carbocycles. The van der Waals surface area contributed by atoms with Crippen LogP contribution in [0, 0.1) is 0 Å². The van der Waals surface area contributed by atoms with Gasteiger partial charge in [-0.1, -0.05) is 64.7 Å². The Kier molecular flexibility index (Phi) is 22.3. The first-order chi connectivity index (χ1) is 8.41. The van der Waals surface area contributed by atoms with Gasteiger partial charge in [0.25, 0.3) is 0 Å². The predicted octanol–water partition coefficient (Wildman–Crippen LogP) is 4.27. The zero-order valence-electron chi connectivity index (χ0n) is 12.4. The molecule has 0 saturated heterocycles. The van der Waals surface area contributed by atoms with Gasteiger partial charge in [-0.3, -0.25) is 0 Å². The Morgan fingerprint density at radius 2 is 1.11 bits per heavy atom. The van der Waals surface area contributed by atoms with Crippen LogP contribution in [-0.2, 0) is 0 Å². The Hall–Kier alpha value is 0.210. The van der Waals surface area contributed by atoms with E-state index in [4.69, 9.17) is 5.73 Å². The summed E-state index contributed by atoms with van der Waals surface area (Å²) in [5, 5.41) is 3.43. The second-order valence-electron chi connectivity index (χ2n) is 5.07. The molecule has 0 fully saturated rings. The predicted molar refractivity (Wildman–Crippen MR) is 85.6 cm³/mol. The van der Waals surface area contributed by atoms with E-state index >= 15 is 0 Å². The van der Waals surface area contributed by atoms with Gasteiger partial charge in [0.15, 0.2) is 0 Å². The number of halogens is 1.